The fraction of sp³-hybridized carbons (Fsp3) is 0.429. The van der Waals surface area contributed by atoms with Crippen molar-refractivity contribution in [2.24, 2.45) is 5.92 Å². The van der Waals surface area contributed by atoms with E-state index in [4.69, 9.17) is 0 Å². The van der Waals surface area contributed by atoms with Crippen LogP contribution in [0.25, 0.3) is 0 Å². The second kappa shape index (κ2) is 12.0. The summed E-state index contributed by atoms with van der Waals surface area (Å²) in [6, 6.07) is 2.14. The lowest BCUT2D eigenvalue weighted by Crippen LogP contribution is -2.47. The first-order valence-corrected chi connectivity index (χ1v) is 9.12. The highest BCUT2D eigenvalue weighted by Crippen LogP contribution is 2.11. The van der Waals surface area contributed by atoms with Gasteiger partial charge in [-0.2, -0.15) is 0 Å². The summed E-state index contributed by atoms with van der Waals surface area (Å²) < 4.78 is 26.8. The van der Waals surface area contributed by atoms with Crippen molar-refractivity contribution in [3.05, 3.63) is 59.7 Å². The topological polar surface area (TPSA) is 58.2 Å². The number of nitrogens with one attached hydrogen (secondary N) is 2. The highest BCUT2D eigenvalue weighted by molar-refractivity contribution is 5.93. The average Bonchev–Trinajstić information content (AvgIpc) is 2.57. The molecule has 0 aliphatic heterocycles. The van der Waals surface area contributed by atoms with E-state index in [0.29, 0.717) is 18.0 Å². The molecular formula is C21H28F2N2O2. The van der Waals surface area contributed by atoms with Crippen molar-refractivity contribution < 1.29 is 18.4 Å². The predicted molar refractivity (Wildman–Crippen MR) is 103 cm³/mol. The van der Waals surface area contributed by atoms with E-state index < -0.39 is 29.5 Å². The molecular weight excluding hydrogens is 350 g/mol. The highest BCUT2D eigenvalue weighted by atomic mass is 19.1. The molecule has 0 unspecified atom stereocenters. The summed E-state index contributed by atoms with van der Waals surface area (Å²) in [5.41, 5.74) is 0.294. The Bertz CT molecular complexity index is 665. The monoisotopic (exact) mass is 378 g/mol. The normalized spacial score (nSPS) is 12.7. The number of allylic oxidation sites excluding steroid dienone is 2. The summed E-state index contributed by atoms with van der Waals surface area (Å²) in [6.45, 7) is 6.32. The van der Waals surface area contributed by atoms with Crippen molar-refractivity contribution in [2.75, 3.05) is 6.54 Å². The van der Waals surface area contributed by atoms with Crippen molar-refractivity contribution in [2.45, 2.75) is 46.1 Å². The molecule has 1 aromatic rings. The molecule has 6 heteroatoms. The molecule has 148 valence electrons. The maximum absolute atomic E-state index is 13.4. The number of carbonyl (C=O) groups is 2. The van der Waals surface area contributed by atoms with Crippen LogP contribution in [0.15, 0.2) is 42.5 Å². The van der Waals surface area contributed by atoms with Gasteiger partial charge in [-0.05, 0) is 49.5 Å². The van der Waals surface area contributed by atoms with E-state index in [0.717, 1.165) is 31.0 Å². The summed E-state index contributed by atoms with van der Waals surface area (Å²) >= 11 is 0. The lowest BCUT2D eigenvalue weighted by molar-refractivity contribution is -0.126. The SMILES string of the molecule is C/C=C/CNC(=O)[C@H](Cc1cc(F)cc(F)c1)NC(=O)/C=C/CCC(C)C. The number of rotatable bonds is 10. The third kappa shape index (κ3) is 9.68. The first-order valence-electron chi connectivity index (χ1n) is 9.12. The van der Waals surface area contributed by atoms with Crippen LogP contribution >= 0.6 is 0 Å². The van der Waals surface area contributed by atoms with Crippen LogP contribution in [0.5, 0.6) is 0 Å². The van der Waals surface area contributed by atoms with Gasteiger partial charge < -0.3 is 10.6 Å². The fourth-order valence-corrected chi connectivity index (χ4v) is 2.41. The Morgan fingerprint density at radius 3 is 2.37 bits per heavy atom. The number of halogens is 2. The standard InChI is InChI=1S/C21H28F2N2O2/c1-4-5-10-24-21(27)19(13-16-11-17(22)14-18(23)12-16)25-20(26)9-7-6-8-15(2)3/h4-5,7,9,11-12,14-15,19H,6,8,10,13H2,1-3H3,(H,24,27)(H,25,26)/b5-4+,9-7+/t19-/m0/s1. The number of hydrogen-bond acceptors (Lipinski definition) is 2. The molecule has 2 N–H and O–H groups in total. The number of carbonyl (C=O) groups excluding carboxylic acids is 2. The second-order valence-corrected chi connectivity index (χ2v) is 6.73. The molecule has 27 heavy (non-hydrogen) atoms. The van der Waals surface area contributed by atoms with Crippen molar-refractivity contribution in [3.8, 4) is 0 Å². The van der Waals surface area contributed by atoms with E-state index in [1.54, 1.807) is 18.2 Å². The van der Waals surface area contributed by atoms with E-state index in [1.807, 2.05) is 6.92 Å². The molecule has 1 aromatic carbocycles. The number of amides is 2. The van der Waals surface area contributed by atoms with Crippen molar-refractivity contribution >= 4 is 11.8 Å². The Balaban J connectivity index is 2.80. The lowest BCUT2D eigenvalue weighted by atomic mass is 10.0. The molecule has 0 saturated heterocycles. The van der Waals surface area contributed by atoms with Gasteiger partial charge in [0.05, 0.1) is 0 Å². The third-order valence-corrected chi connectivity index (χ3v) is 3.80. The third-order valence-electron chi connectivity index (χ3n) is 3.80. The molecule has 2 amide bonds. The van der Waals surface area contributed by atoms with Crippen LogP contribution in [0.4, 0.5) is 8.78 Å². The van der Waals surface area contributed by atoms with Gasteiger partial charge in [-0.15, -0.1) is 0 Å². The van der Waals surface area contributed by atoms with Crippen LogP contribution in [0.1, 0.15) is 39.2 Å². The van der Waals surface area contributed by atoms with Gasteiger partial charge in [0.25, 0.3) is 0 Å². The molecule has 0 spiro atoms. The van der Waals surface area contributed by atoms with Crippen LogP contribution in [-0.4, -0.2) is 24.4 Å². The summed E-state index contributed by atoms with van der Waals surface area (Å²) in [6.07, 6.45) is 8.39. The maximum atomic E-state index is 13.4. The van der Waals surface area contributed by atoms with Gasteiger partial charge in [0, 0.05) is 19.0 Å². The molecule has 0 saturated carbocycles. The fourth-order valence-electron chi connectivity index (χ4n) is 2.41. The van der Waals surface area contributed by atoms with Crippen molar-refractivity contribution in [3.63, 3.8) is 0 Å². The van der Waals surface area contributed by atoms with E-state index in [1.165, 1.54) is 6.08 Å². The minimum atomic E-state index is -0.932. The van der Waals surface area contributed by atoms with Crippen molar-refractivity contribution in [1.82, 2.24) is 10.6 Å². The first-order chi connectivity index (χ1) is 12.8. The molecule has 0 heterocycles. The van der Waals surface area contributed by atoms with Gasteiger partial charge in [0.15, 0.2) is 0 Å². The summed E-state index contributed by atoms with van der Waals surface area (Å²) in [5, 5.41) is 5.28. The van der Waals surface area contributed by atoms with E-state index in [-0.39, 0.29) is 6.42 Å². The van der Waals surface area contributed by atoms with Crippen molar-refractivity contribution in [1.29, 1.82) is 0 Å². The molecule has 0 bridgehead atoms. The minimum Gasteiger partial charge on any atom is -0.351 e. The zero-order valence-electron chi connectivity index (χ0n) is 16.1. The predicted octanol–water partition coefficient (Wildman–Crippen LogP) is 3.68. The molecule has 0 aromatic heterocycles. The Morgan fingerprint density at radius 2 is 1.78 bits per heavy atom. The largest absolute Gasteiger partial charge is 0.351 e. The molecule has 0 fully saturated rings. The molecule has 0 aliphatic rings. The minimum absolute atomic E-state index is 0.0120. The molecule has 0 aliphatic carbocycles. The molecule has 0 radical (unpaired) electrons. The van der Waals surface area contributed by atoms with E-state index in [9.17, 15) is 18.4 Å². The Labute approximate surface area is 159 Å². The molecule has 4 nitrogen and oxygen atoms in total. The van der Waals surface area contributed by atoms with Gasteiger partial charge in [-0.3, -0.25) is 9.59 Å². The van der Waals surface area contributed by atoms with Gasteiger partial charge in [0.2, 0.25) is 11.8 Å². The van der Waals surface area contributed by atoms with Gasteiger partial charge >= 0.3 is 0 Å². The molecule has 1 rings (SSSR count). The number of benzene rings is 1. The lowest BCUT2D eigenvalue weighted by Gasteiger charge is -2.17. The van der Waals surface area contributed by atoms with Crippen LogP contribution < -0.4 is 10.6 Å². The van der Waals surface area contributed by atoms with Gasteiger partial charge in [0.1, 0.15) is 17.7 Å². The number of hydrogen-bond donors (Lipinski definition) is 2. The van der Waals surface area contributed by atoms with Gasteiger partial charge in [-0.1, -0.05) is 32.1 Å². The maximum Gasteiger partial charge on any atom is 0.244 e. The summed E-state index contributed by atoms with van der Waals surface area (Å²) in [7, 11) is 0. The van der Waals surface area contributed by atoms with E-state index >= 15 is 0 Å². The quantitative estimate of drug-likeness (QED) is 0.482. The highest BCUT2D eigenvalue weighted by Gasteiger charge is 2.20. The summed E-state index contributed by atoms with van der Waals surface area (Å²) in [5.74, 6) is -1.75. The Morgan fingerprint density at radius 1 is 1.11 bits per heavy atom. The smallest absolute Gasteiger partial charge is 0.244 e. The zero-order valence-corrected chi connectivity index (χ0v) is 16.1. The Hall–Kier alpha value is -2.50. The first kappa shape index (κ1) is 22.5. The van der Waals surface area contributed by atoms with E-state index in [2.05, 4.69) is 24.5 Å². The second-order valence-electron chi connectivity index (χ2n) is 6.73. The molecule has 1 atom stereocenters. The summed E-state index contributed by atoms with van der Waals surface area (Å²) in [4.78, 5) is 24.5. The van der Waals surface area contributed by atoms with Crippen LogP contribution in [0.3, 0.4) is 0 Å². The zero-order chi connectivity index (χ0) is 20.2. The van der Waals surface area contributed by atoms with Gasteiger partial charge in [-0.25, -0.2) is 8.78 Å². The van der Waals surface area contributed by atoms with Crippen LogP contribution in [0.2, 0.25) is 0 Å². The average molecular weight is 378 g/mol. The van der Waals surface area contributed by atoms with Crippen LogP contribution in [0, 0.1) is 17.6 Å². The van der Waals surface area contributed by atoms with Crippen LogP contribution in [-0.2, 0) is 16.0 Å². The Kier molecular flexibility index (Phi) is 10.0.